The van der Waals surface area contributed by atoms with Crippen molar-refractivity contribution in [3.8, 4) is 17.0 Å². The van der Waals surface area contributed by atoms with Crippen molar-refractivity contribution in [2.75, 3.05) is 13.1 Å². The molecule has 2 heterocycles. The van der Waals surface area contributed by atoms with E-state index in [-0.39, 0.29) is 11.7 Å². The van der Waals surface area contributed by atoms with E-state index in [1.807, 2.05) is 48.2 Å². The first-order valence-corrected chi connectivity index (χ1v) is 10.6. The zero-order chi connectivity index (χ0) is 20.7. The highest BCUT2D eigenvalue weighted by Gasteiger charge is 2.30. The Bertz CT molecular complexity index is 1100. The van der Waals surface area contributed by atoms with E-state index in [9.17, 15) is 9.90 Å². The molecule has 5 nitrogen and oxygen atoms in total. The topological polar surface area (TPSA) is 66.3 Å². The van der Waals surface area contributed by atoms with Gasteiger partial charge in [-0.2, -0.15) is 0 Å². The summed E-state index contributed by atoms with van der Waals surface area (Å²) in [6, 6.07) is 15.0. The van der Waals surface area contributed by atoms with E-state index in [0.29, 0.717) is 19.0 Å². The molecular formula is C25H25N3O2. The number of hydrogen-bond donors (Lipinski definition) is 1. The Labute approximate surface area is 176 Å². The van der Waals surface area contributed by atoms with Gasteiger partial charge in [-0.3, -0.25) is 4.79 Å². The first-order valence-electron chi connectivity index (χ1n) is 10.6. The van der Waals surface area contributed by atoms with Crippen LogP contribution in [0.3, 0.4) is 0 Å². The van der Waals surface area contributed by atoms with Crippen molar-refractivity contribution in [2.45, 2.75) is 38.5 Å². The first kappa shape index (κ1) is 18.8. The van der Waals surface area contributed by atoms with Crippen LogP contribution in [0.25, 0.3) is 11.3 Å². The Morgan fingerprint density at radius 2 is 1.73 bits per heavy atom. The molecule has 1 amide bonds. The third-order valence-electron chi connectivity index (χ3n) is 6.11. The molecule has 1 N–H and O–H groups in total. The van der Waals surface area contributed by atoms with Gasteiger partial charge in [0.2, 0.25) is 0 Å². The first-order chi connectivity index (χ1) is 14.6. The van der Waals surface area contributed by atoms with E-state index in [0.717, 1.165) is 65.1 Å². The van der Waals surface area contributed by atoms with Crippen molar-refractivity contribution < 1.29 is 9.90 Å². The normalized spacial score (nSPS) is 16.1. The van der Waals surface area contributed by atoms with Gasteiger partial charge in [0, 0.05) is 47.8 Å². The van der Waals surface area contributed by atoms with Crippen LogP contribution in [0.15, 0.2) is 48.5 Å². The summed E-state index contributed by atoms with van der Waals surface area (Å²) in [4.78, 5) is 25.0. The lowest BCUT2D eigenvalue weighted by molar-refractivity contribution is 0.0762. The number of hydrogen-bond acceptors (Lipinski definition) is 4. The van der Waals surface area contributed by atoms with Crippen LogP contribution in [0.5, 0.6) is 5.75 Å². The Morgan fingerprint density at radius 3 is 2.47 bits per heavy atom. The fraction of sp³-hybridized carbons (Fsp3) is 0.320. The molecule has 1 aromatic heterocycles. The number of phenols is 1. The molecule has 0 bridgehead atoms. The van der Waals surface area contributed by atoms with E-state index >= 15 is 0 Å². The highest BCUT2D eigenvalue weighted by molar-refractivity contribution is 5.95. The van der Waals surface area contributed by atoms with Gasteiger partial charge in [-0.15, -0.1) is 0 Å². The molecule has 1 fully saturated rings. The fourth-order valence-electron chi connectivity index (χ4n) is 4.19. The number of amides is 1. The van der Waals surface area contributed by atoms with Crippen LogP contribution < -0.4 is 0 Å². The van der Waals surface area contributed by atoms with E-state index in [4.69, 9.17) is 9.97 Å². The highest BCUT2D eigenvalue weighted by Crippen LogP contribution is 2.40. The molecule has 0 saturated heterocycles. The monoisotopic (exact) mass is 399 g/mol. The van der Waals surface area contributed by atoms with Gasteiger partial charge in [-0.25, -0.2) is 9.97 Å². The molecule has 152 valence electrons. The van der Waals surface area contributed by atoms with Crippen molar-refractivity contribution in [2.24, 2.45) is 0 Å². The van der Waals surface area contributed by atoms with Gasteiger partial charge in [0.25, 0.3) is 5.91 Å². The zero-order valence-corrected chi connectivity index (χ0v) is 17.1. The Kier molecular flexibility index (Phi) is 4.74. The molecule has 0 unspecified atom stereocenters. The van der Waals surface area contributed by atoms with E-state index < -0.39 is 0 Å². The number of phenolic OH excluding ortho intramolecular Hbond substituents is 1. The molecule has 30 heavy (non-hydrogen) atoms. The van der Waals surface area contributed by atoms with Crippen molar-refractivity contribution >= 4 is 5.91 Å². The molecule has 2 aromatic carbocycles. The Morgan fingerprint density at radius 1 is 1.00 bits per heavy atom. The van der Waals surface area contributed by atoms with Gasteiger partial charge in [0.05, 0.1) is 5.69 Å². The van der Waals surface area contributed by atoms with Crippen LogP contribution in [0, 0.1) is 6.92 Å². The van der Waals surface area contributed by atoms with Crippen LogP contribution in [0.1, 0.15) is 51.8 Å². The average molecular weight is 399 g/mol. The molecule has 1 aliphatic carbocycles. The SMILES string of the molecule is Cc1ccccc1C(=O)N1CCc2nc(C3CC3)nc(-c3ccc(O)cc3)c2CC1. The minimum absolute atomic E-state index is 0.0856. The maximum atomic E-state index is 13.2. The second-order valence-corrected chi connectivity index (χ2v) is 8.28. The second kappa shape index (κ2) is 7.56. The number of aromatic hydroxyl groups is 1. The lowest BCUT2D eigenvalue weighted by atomic mass is 10.0. The van der Waals surface area contributed by atoms with E-state index in [2.05, 4.69) is 0 Å². The molecule has 1 aliphatic heterocycles. The van der Waals surface area contributed by atoms with E-state index in [1.165, 1.54) is 0 Å². The predicted molar refractivity (Wildman–Crippen MR) is 116 cm³/mol. The summed E-state index contributed by atoms with van der Waals surface area (Å²) in [7, 11) is 0. The van der Waals surface area contributed by atoms with Crippen molar-refractivity contribution in [3.63, 3.8) is 0 Å². The Hall–Kier alpha value is -3.21. The van der Waals surface area contributed by atoms with Crippen molar-refractivity contribution in [1.29, 1.82) is 0 Å². The lowest BCUT2D eigenvalue weighted by Gasteiger charge is -2.21. The predicted octanol–water partition coefficient (Wildman–Crippen LogP) is 4.28. The van der Waals surface area contributed by atoms with Crippen LogP contribution in [0.4, 0.5) is 0 Å². The smallest absolute Gasteiger partial charge is 0.254 e. The summed E-state index contributed by atoms with van der Waals surface area (Å²) >= 11 is 0. The van der Waals surface area contributed by atoms with Crippen LogP contribution in [-0.4, -0.2) is 39.0 Å². The highest BCUT2D eigenvalue weighted by atomic mass is 16.3. The van der Waals surface area contributed by atoms with Crippen LogP contribution in [-0.2, 0) is 12.8 Å². The summed E-state index contributed by atoms with van der Waals surface area (Å²) in [5.41, 5.74) is 5.91. The third kappa shape index (κ3) is 3.56. The number of fused-ring (bicyclic) bond motifs is 1. The molecule has 3 aromatic rings. The summed E-state index contributed by atoms with van der Waals surface area (Å²) in [6.45, 7) is 3.30. The number of carbonyl (C=O) groups excluding carboxylic acids is 1. The lowest BCUT2D eigenvalue weighted by Crippen LogP contribution is -2.33. The Balaban J connectivity index is 1.49. The molecule has 0 spiro atoms. The van der Waals surface area contributed by atoms with Gasteiger partial charge in [-0.05, 0) is 62.1 Å². The summed E-state index contributed by atoms with van der Waals surface area (Å²) in [6.07, 6.45) is 3.76. The maximum absolute atomic E-state index is 13.2. The van der Waals surface area contributed by atoms with Crippen molar-refractivity contribution in [3.05, 3.63) is 76.7 Å². The van der Waals surface area contributed by atoms with Crippen molar-refractivity contribution in [1.82, 2.24) is 14.9 Å². The largest absolute Gasteiger partial charge is 0.508 e. The minimum Gasteiger partial charge on any atom is -0.508 e. The molecule has 0 radical (unpaired) electrons. The average Bonchev–Trinajstić information content (AvgIpc) is 3.60. The third-order valence-corrected chi connectivity index (χ3v) is 6.11. The quantitative estimate of drug-likeness (QED) is 0.714. The summed E-state index contributed by atoms with van der Waals surface area (Å²) in [5.74, 6) is 1.72. The van der Waals surface area contributed by atoms with Crippen LogP contribution in [0.2, 0.25) is 0 Å². The zero-order valence-electron chi connectivity index (χ0n) is 17.1. The molecule has 2 aliphatic rings. The number of aryl methyl sites for hydroxylation is 1. The molecule has 5 rings (SSSR count). The summed E-state index contributed by atoms with van der Waals surface area (Å²) in [5, 5.41) is 9.69. The van der Waals surface area contributed by atoms with Gasteiger partial charge >= 0.3 is 0 Å². The maximum Gasteiger partial charge on any atom is 0.254 e. The second-order valence-electron chi connectivity index (χ2n) is 8.28. The number of carbonyl (C=O) groups is 1. The number of nitrogens with zero attached hydrogens (tertiary/aromatic N) is 3. The fourth-order valence-corrected chi connectivity index (χ4v) is 4.19. The molecule has 5 heteroatoms. The van der Waals surface area contributed by atoms with Gasteiger partial charge in [0.15, 0.2) is 0 Å². The van der Waals surface area contributed by atoms with Gasteiger partial charge < -0.3 is 10.0 Å². The number of benzene rings is 2. The molecule has 0 atom stereocenters. The van der Waals surface area contributed by atoms with E-state index in [1.54, 1.807) is 12.1 Å². The number of rotatable bonds is 3. The van der Waals surface area contributed by atoms with Gasteiger partial charge in [0.1, 0.15) is 11.6 Å². The minimum atomic E-state index is 0.0856. The molecular weight excluding hydrogens is 374 g/mol. The molecule has 1 saturated carbocycles. The van der Waals surface area contributed by atoms with Gasteiger partial charge in [-0.1, -0.05) is 18.2 Å². The number of aromatic nitrogens is 2. The standard InChI is InChI=1S/C25H25N3O2/c1-16-4-2-3-5-20(16)25(30)28-14-12-21-22(13-15-28)26-24(18-6-7-18)27-23(21)17-8-10-19(29)11-9-17/h2-5,8-11,18,29H,6-7,12-15H2,1H3. The van der Waals surface area contributed by atoms with Crippen LogP contribution >= 0.6 is 0 Å². The summed E-state index contributed by atoms with van der Waals surface area (Å²) < 4.78 is 0.